The molecule has 0 atom stereocenters. The van der Waals surface area contributed by atoms with E-state index in [0.717, 1.165) is 25.8 Å². The maximum Gasteiger partial charge on any atom is 0.244 e. The SMILES string of the molecule is CCCNc1ccncc1S(=O)(=O)NCC1(C)CCCC1. The summed E-state index contributed by atoms with van der Waals surface area (Å²) < 4.78 is 27.8. The van der Waals surface area contributed by atoms with E-state index in [1.807, 2.05) is 6.92 Å². The lowest BCUT2D eigenvalue weighted by molar-refractivity contribution is 0.336. The molecule has 1 aliphatic rings. The summed E-state index contributed by atoms with van der Waals surface area (Å²) in [5.41, 5.74) is 0.711. The van der Waals surface area contributed by atoms with E-state index < -0.39 is 10.0 Å². The van der Waals surface area contributed by atoms with Gasteiger partial charge >= 0.3 is 0 Å². The minimum Gasteiger partial charge on any atom is -0.384 e. The van der Waals surface area contributed by atoms with Crippen LogP contribution < -0.4 is 10.0 Å². The van der Waals surface area contributed by atoms with E-state index in [1.54, 1.807) is 12.3 Å². The van der Waals surface area contributed by atoms with Crippen molar-refractivity contribution in [3.63, 3.8) is 0 Å². The third-order valence-corrected chi connectivity index (χ3v) is 5.57. The fourth-order valence-corrected chi connectivity index (χ4v) is 4.08. The van der Waals surface area contributed by atoms with E-state index >= 15 is 0 Å². The summed E-state index contributed by atoms with van der Waals surface area (Å²) in [7, 11) is -3.52. The topological polar surface area (TPSA) is 71.1 Å². The number of aromatic nitrogens is 1. The normalized spacial score (nSPS) is 17.8. The van der Waals surface area contributed by atoms with Gasteiger partial charge in [0, 0.05) is 25.5 Å². The Balaban J connectivity index is 2.11. The Bertz CT molecular complexity index is 566. The summed E-state index contributed by atoms with van der Waals surface area (Å²) in [6, 6.07) is 1.71. The number of sulfonamides is 1. The highest BCUT2D eigenvalue weighted by molar-refractivity contribution is 7.89. The molecule has 0 aliphatic heterocycles. The fraction of sp³-hybridized carbons (Fsp3) is 0.667. The molecule has 21 heavy (non-hydrogen) atoms. The minimum absolute atomic E-state index is 0.0896. The molecule has 6 heteroatoms. The van der Waals surface area contributed by atoms with Gasteiger partial charge in [-0.2, -0.15) is 0 Å². The number of nitrogens with one attached hydrogen (secondary N) is 2. The molecule has 1 fully saturated rings. The van der Waals surface area contributed by atoms with Crippen molar-refractivity contribution < 1.29 is 8.42 Å². The summed E-state index contributed by atoms with van der Waals surface area (Å²) >= 11 is 0. The van der Waals surface area contributed by atoms with Gasteiger partial charge in [0.15, 0.2) is 0 Å². The van der Waals surface area contributed by atoms with Crippen LogP contribution in [-0.2, 0) is 10.0 Å². The molecule has 2 N–H and O–H groups in total. The van der Waals surface area contributed by atoms with Crippen molar-refractivity contribution in [2.75, 3.05) is 18.4 Å². The van der Waals surface area contributed by atoms with Gasteiger partial charge in [-0.05, 0) is 30.7 Å². The number of anilines is 1. The molecule has 5 nitrogen and oxygen atoms in total. The Labute approximate surface area is 127 Å². The van der Waals surface area contributed by atoms with E-state index in [2.05, 4.69) is 21.9 Å². The molecule has 118 valence electrons. The summed E-state index contributed by atoms with van der Waals surface area (Å²) in [6.07, 6.45) is 8.51. The van der Waals surface area contributed by atoms with Gasteiger partial charge in [0.05, 0.1) is 5.69 Å². The minimum atomic E-state index is -3.52. The zero-order valence-electron chi connectivity index (χ0n) is 12.9. The molecule has 1 saturated carbocycles. The van der Waals surface area contributed by atoms with E-state index in [1.165, 1.54) is 19.0 Å². The van der Waals surface area contributed by atoms with Crippen LogP contribution in [0.2, 0.25) is 0 Å². The standard InChI is InChI=1S/C15H25N3O2S/c1-3-9-17-13-6-10-16-11-14(13)21(19,20)18-12-15(2)7-4-5-8-15/h6,10-11,18H,3-5,7-9,12H2,1-2H3,(H,16,17). The van der Waals surface area contributed by atoms with Crippen LogP contribution >= 0.6 is 0 Å². The molecule has 1 aliphatic carbocycles. The monoisotopic (exact) mass is 311 g/mol. The lowest BCUT2D eigenvalue weighted by Gasteiger charge is -2.24. The van der Waals surface area contributed by atoms with E-state index in [0.29, 0.717) is 12.2 Å². The molecule has 0 saturated heterocycles. The summed E-state index contributed by atoms with van der Waals surface area (Å²) in [6.45, 7) is 5.44. The molecule has 0 aromatic carbocycles. The Hall–Kier alpha value is -1.14. The second kappa shape index (κ2) is 6.75. The van der Waals surface area contributed by atoms with Crippen LogP contribution in [0, 0.1) is 5.41 Å². The predicted molar refractivity (Wildman–Crippen MR) is 84.8 cm³/mol. The highest BCUT2D eigenvalue weighted by Crippen LogP contribution is 2.37. The zero-order valence-corrected chi connectivity index (χ0v) is 13.7. The molecule has 0 unspecified atom stereocenters. The second-order valence-electron chi connectivity index (χ2n) is 6.14. The summed E-state index contributed by atoms with van der Waals surface area (Å²) in [5, 5.41) is 3.15. The van der Waals surface area contributed by atoms with Crippen molar-refractivity contribution in [2.24, 2.45) is 5.41 Å². The van der Waals surface area contributed by atoms with Crippen molar-refractivity contribution in [3.8, 4) is 0 Å². The Kier molecular flexibility index (Phi) is 5.22. The first-order valence-electron chi connectivity index (χ1n) is 7.64. The lowest BCUT2D eigenvalue weighted by atomic mass is 9.89. The van der Waals surface area contributed by atoms with Gasteiger partial charge in [-0.25, -0.2) is 13.1 Å². The van der Waals surface area contributed by atoms with Crippen molar-refractivity contribution in [3.05, 3.63) is 18.5 Å². The second-order valence-corrected chi connectivity index (χ2v) is 7.88. The fourth-order valence-electron chi connectivity index (χ4n) is 2.75. The van der Waals surface area contributed by atoms with Crippen LogP contribution in [0.3, 0.4) is 0 Å². The number of nitrogens with zero attached hydrogens (tertiary/aromatic N) is 1. The average Bonchev–Trinajstić information content (AvgIpc) is 2.91. The van der Waals surface area contributed by atoms with Crippen LogP contribution in [0.25, 0.3) is 0 Å². The van der Waals surface area contributed by atoms with E-state index in [9.17, 15) is 8.42 Å². The largest absolute Gasteiger partial charge is 0.384 e. The van der Waals surface area contributed by atoms with Crippen LogP contribution in [0.1, 0.15) is 46.0 Å². The third kappa shape index (κ3) is 4.17. The maximum atomic E-state index is 12.5. The van der Waals surface area contributed by atoms with Gasteiger partial charge in [-0.1, -0.05) is 26.7 Å². The molecule has 0 amide bonds. The van der Waals surface area contributed by atoms with Crippen LogP contribution in [0.15, 0.2) is 23.4 Å². The van der Waals surface area contributed by atoms with Gasteiger partial charge in [-0.15, -0.1) is 0 Å². The van der Waals surface area contributed by atoms with Gasteiger partial charge in [-0.3, -0.25) is 4.98 Å². The first-order chi connectivity index (χ1) is 9.97. The van der Waals surface area contributed by atoms with Crippen molar-refractivity contribution in [1.82, 2.24) is 9.71 Å². The van der Waals surface area contributed by atoms with Crippen LogP contribution in [0.5, 0.6) is 0 Å². The molecule has 1 aromatic heterocycles. The van der Waals surface area contributed by atoms with Crippen molar-refractivity contribution >= 4 is 15.7 Å². The Morgan fingerprint density at radius 1 is 1.33 bits per heavy atom. The molecule has 1 aromatic rings. The Morgan fingerprint density at radius 3 is 2.71 bits per heavy atom. The number of rotatable bonds is 7. The van der Waals surface area contributed by atoms with Gasteiger partial charge in [0.25, 0.3) is 0 Å². The first kappa shape index (κ1) is 16.2. The van der Waals surface area contributed by atoms with Gasteiger partial charge in [0.1, 0.15) is 4.90 Å². The van der Waals surface area contributed by atoms with Gasteiger partial charge < -0.3 is 5.32 Å². The molecule has 0 radical (unpaired) electrons. The van der Waals surface area contributed by atoms with E-state index in [4.69, 9.17) is 0 Å². The van der Waals surface area contributed by atoms with Crippen molar-refractivity contribution in [1.29, 1.82) is 0 Å². The quantitative estimate of drug-likeness (QED) is 0.812. The van der Waals surface area contributed by atoms with E-state index in [-0.39, 0.29) is 10.3 Å². The molecule has 0 bridgehead atoms. The van der Waals surface area contributed by atoms with Gasteiger partial charge in [0.2, 0.25) is 10.0 Å². The lowest BCUT2D eigenvalue weighted by Crippen LogP contribution is -2.34. The third-order valence-electron chi connectivity index (χ3n) is 4.14. The Morgan fingerprint density at radius 2 is 2.05 bits per heavy atom. The summed E-state index contributed by atoms with van der Waals surface area (Å²) in [4.78, 5) is 4.19. The number of pyridine rings is 1. The first-order valence-corrected chi connectivity index (χ1v) is 9.13. The molecule has 0 spiro atoms. The summed E-state index contributed by atoms with van der Waals surface area (Å²) in [5.74, 6) is 0. The highest BCUT2D eigenvalue weighted by Gasteiger charge is 2.30. The maximum absolute atomic E-state index is 12.5. The average molecular weight is 311 g/mol. The molecule has 1 heterocycles. The predicted octanol–water partition coefficient (Wildman–Crippen LogP) is 2.76. The molecular formula is C15H25N3O2S. The molecule has 2 rings (SSSR count). The highest BCUT2D eigenvalue weighted by atomic mass is 32.2. The number of hydrogen-bond donors (Lipinski definition) is 2. The molecular weight excluding hydrogens is 286 g/mol. The number of hydrogen-bond acceptors (Lipinski definition) is 4. The van der Waals surface area contributed by atoms with Crippen LogP contribution in [-0.4, -0.2) is 26.5 Å². The van der Waals surface area contributed by atoms with Crippen LogP contribution in [0.4, 0.5) is 5.69 Å². The zero-order chi connectivity index (χ0) is 15.3. The van der Waals surface area contributed by atoms with Crippen molar-refractivity contribution in [2.45, 2.75) is 50.8 Å². The smallest absolute Gasteiger partial charge is 0.244 e.